The second-order valence-electron chi connectivity index (χ2n) is 4.75. The Morgan fingerprint density at radius 1 is 1.71 bits per heavy atom. The fraction of sp³-hybridized carbons (Fsp3) is 0.636. The fourth-order valence-corrected chi connectivity index (χ4v) is 3.03. The number of halogens is 1. The average molecular weight is 319 g/mol. The van der Waals surface area contributed by atoms with E-state index in [1.807, 2.05) is 13.8 Å². The van der Waals surface area contributed by atoms with Crippen LogP contribution in [0.2, 0.25) is 0 Å². The molecule has 17 heavy (non-hydrogen) atoms. The van der Waals surface area contributed by atoms with Crippen molar-refractivity contribution in [3.63, 3.8) is 0 Å². The number of carbonyl (C=O) groups is 1. The molecule has 6 heteroatoms. The predicted octanol–water partition coefficient (Wildman–Crippen LogP) is 2.59. The molecule has 0 aromatic carbocycles. The normalized spacial score (nSPS) is 23.4. The monoisotopic (exact) mass is 318 g/mol. The first kappa shape index (κ1) is 13.0. The standard InChI is InChI=1S/C11H15BrN2O2S/c1-11(2)5-7(3-4-16-11)14-10(15)8-9(12)17-6-13-8/h6-7H,3-5H2,1-2H3,(H,14,15)/t7-/m1/s1. The average Bonchev–Trinajstić information content (AvgIpc) is 2.62. The third-order valence-corrected chi connectivity index (χ3v) is 4.32. The van der Waals surface area contributed by atoms with E-state index in [4.69, 9.17) is 4.74 Å². The molecule has 1 aromatic rings. The minimum Gasteiger partial charge on any atom is -0.375 e. The lowest BCUT2D eigenvalue weighted by molar-refractivity contribution is -0.0615. The van der Waals surface area contributed by atoms with Crippen LogP contribution in [-0.4, -0.2) is 29.1 Å². The van der Waals surface area contributed by atoms with E-state index in [1.165, 1.54) is 11.3 Å². The highest BCUT2D eigenvalue weighted by atomic mass is 79.9. The third-order valence-electron chi connectivity index (χ3n) is 2.77. The highest BCUT2D eigenvalue weighted by Crippen LogP contribution is 2.25. The topological polar surface area (TPSA) is 51.2 Å². The lowest BCUT2D eigenvalue weighted by atomic mass is 9.94. The Hall–Kier alpha value is -0.460. The van der Waals surface area contributed by atoms with E-state index < -0.39 is 0 Å². The van der Waals surface area contributed by atoms with E-state index in [1.54, 1.807) is 5.51 Å². The molecule has 0 saturated carbocycles. The maximum absolute atomic E-state index is 12.0. The van der Waals surface area contributed by atoms with Gasteiger partial charge in [-0.3, -0.25) is 4.79 Å². The smallest absolute Gasteiger partial charge is 0.272 e. The molecule has 0 spiro atoms. The number of aromatic nitrogens is 1. The summed E-state index contributed by atoms with van der Waals surface area (Å²) < 4.78 is 6.40. The third kappa shape index (κ3) is 3.26. The van der Waals surface area contributed by atoms with Crippen LogP contribution in [0.1, 0.15) is 37.2 Å². The van der Waals surface area contributed by atoms with Crippen LogP contribution in [0.3, 0.4) is 0 Å². The zero-order valence-corrected chi connectivity index (χ0v) is 12.2. The van der Waals surface area contributed by atoms with Crippen LogP contribution in [0.5, 0.6) is 0 Å². The molecule has 0 radical (unpaired) electrons. The fourth-order valence-electron chi connectivity index (χ4n) is 1.99. The second-order valence-corrected chi connectivity index (χ2v) is 6.92. The molecule has 1 atom stereocenters. The molecule has 1 aromatic heterocycles. The number of hydrogen-bond donors (Lipinski definition) is 1. The second kappa shape index (κ2) is 5.04. The molecular weight excluding hydrogens is 304 g/mol. The van der Waals surface area contributed by atoms with Gasteiger partial charge in [-0.1, -0.05) is 0 Å². The van der Waals surface area contributed by atoms with Crippen molar-refractivity contribution in [2.24, 2.45) is 0 Å². The summed E-state index contributed by atoms with van der Waals surface area (Å²) in [6, 6.07) is 0.167. The Kier molecular flexibility index (Phi) is 3.85. The summed E-state index contributed by atoms with van der Waals surface area (Å²) in [5, 5.41) is 3.01. The SMILES string of the molecule is CC1(C)C[C@H](NC(=O)c2ncsc2Br)CCO1. The molecule has 0 bridgehead atoms. The molecule has 1 fully saturated rings. The molecule has 0 aliphatic carbocycles. The molecule has 94 valence electrons. The molecule has 1 saturated heterocycles. The number of nitrogens with zero attached hydrogens (tertiary/aromatic N) is 1. The minimum atomic E-state index is -0.157. The first-order valence-electron chi connectivity index (χ1n) is 5.52. The number of amides is 1. The molecule has 1 aliphatic heterocycles. The van der Waals surface area contributed by atoms with Crippen LogP contribution >= 0.6 is 27.3 Å². The first-order valence-corrected chi connectivity index (χ1v) is 7.19. The van der Waals surface area contributed by atoms with Crippen molar-refractivity contribution in [2.45, 2.75) is 38.3 Å². The van der Waals surface area contributed by atoms with Crippen LogP contribution in [0, 0.1) is 0 Å². The van der Waals surface area contributed by atoms with Crippen LogP contribution in [-0.2, 0) is 4.74 Å². The number of rotatable bonds is 2. The van der Waals surface area contributed by atoms with Crippen molar-refractivity contribution >= 4 is 33.2 Å². The molecule has 4 nitrogen and oxygen atoms in total. The molecule has 0 unspecified atom stereocenters. The highest BCUT2D eigenvalue weighted by molar-refractivity contribution is 9.11. The van der Waals surface area contributed by atoms with E-state index in [2.05, 4.69) is 26.2 Å². The molecular formula is C11H15BrN2O2S. The van der Waals surface area contributed by atoms with Crippen molar-refractivity contribution in [1.29, 1.82) is 0 Å². The molecule has 1 N–H and O–H groups in total. The number of nitrogens with one attached hydrogen (secondary N) is 1. The number of carbonyl (C=O) groups excluding carboxylic acids is 1. The summed E-state index contributed by atoms with van der Waals surface area (Å²) in [5.41, 5.74) is 1.97. The molecule has 1 aliphatic rings. The van der Waals surface area contributed by atoms with Crippen LogP contribution in [0.25, 0.3) is 0 Å². The van der Waals surface area contributed by atoms with Gasteiger partial charge in [0.05, 0.1) is 11.1 Å². The first-order chi connectivity index (χ1) is 7.98. The van der Waals surface area contributed by atoms with Gasteiger partial charge in [0.25, 0.3) is 5.91 Å². The minimum absolute atomic E-state index is 0.110. The Morgan fingerprint density at radius 2 is 2.47 bits per heavy atom. The summed E-state index contributed by atoms with van der Waals surface area (Å²) in [7, 11) is 0. The predicted molar refractivity (Wildman–Crippen MR) is 70.3 cm³/mol. The Balaban J connectivity index is 1.98. The van der Waals surface area contributed by atoms with Gasteiger partial charge in [-0.2, -0.15) is 0 Å². The van der Waals surface area contributed by atoms with Crippen molar-refractivity contribution in [2.75, 3.05) is 6.61 Å². The number of ether oxygens (including phenoxy) is 1. The van der Waals surface area contributed by atoms with Crippen molar-refractivity contribution in [3.05, 3.63) is 15.0 Å². The zero-order chi connectivity index (χ0) is 12.5. The quantitative estimate of drug-likeness (QED) is 0.911. The van der Waals surface area contributed by atoms with Crippen LogP contribution < -0.4 is 5.32 Å². The van der Waals surface area contributed by atoms with Gasteiger partial charge in [0.1, 0.15) is 3.79 Å². The van der Waals surface area contributed by atoms with Gasteiger partial charge < -0.3 is 10.1 Å². The lowest BCUT2D eigenvalue weighted by Crippen LogP contribution is -2.45. The van der Waals surface area contributed by atoms with E-state index in [-0.39, 0.29) is 17.6 Å². The summed E-state index contributed by atoms with van der Waals surface area (Å²) >= 11 is 4.74. The van der Waals surface area contributed by atoms with Gasteiger partial charge in [0.15, 0.2) is 5.69 Å². The lowest BCUT2D eigenvalue weighted by Gasteiger charge is -2.35. The van der Waals surface area contributed by atoms with Crippen LogP contribution in [0.4, 0.5) is 0 Å². The Morgan fingerprint density at radius 3 is 3.06 bits per heavy atom. The van der Waals surface area contributed by atoms with Gasteiger partial charge in [-0.05, 0) is 42.6 Å². The maximum Gasteiger partial charge on any atom is 0.272 e. The van der Waals surface area contributed by atoms with E-state index >= 15 is 0 Å². The van der Waals surface area contributed by atoms with Crippen molar-refractivity contribution in [1.82, 2.24) is 10.3 Å². The van der Waals surface area contributed by atoms with Gasteiger partial charge in [0.2, 0.25) is 0 Å². The Labute approximate surface area is 113 Å². The van der Waals surface area contributed by atoms with Gasteiger partial charge >= 0.3 is 0 Å². The molecule has 2 heterocycles. The van der Waals surface area contributed by atoms with Crippen molar-refractivity contribution in [3.8, 4) is 0 Å². The summed E-state index contributed by atoms with van der Waals surface area (Å²) in [5.74, 6) is -0.110. The summed E-state index contributed by atoms with van der Waals surface area (Å²) in [4.78, 5) is 16.0. The van der Waals surface area contributed by atoms with E-state index in [0.29, 0.717) is 12.3 Å². The van der Waals surface area contributed by atoms with E-state index in [0.717, 1.165) is 16.6 Å². The Bertz CT molecular complexity index is 419. The summed E-state index contributed by atoms with van der Waals surface area (Å²) in [6.45, 7) is 4.78. The molecule has 2 rings (SSSR count). The van der Waals surface area contributed by atoms with Gasteiger partial charge in [-0.25, -0.2) is 4.98 Å². The van der Waals surface area contributed by atoms with Crippen LogP contribution in [0.15, 0.2) is 9.30 Å². The van der Waals surface area contributed by atoms with Gasteiger partial charge in [0, 0.05) is 12.6 Å². The van der Waals surface area contributed by atoms with E-state index in [9.17, 15) is 4.79 Å². The molecule has 1 amide bonds. The summed E-state index contributed by atoms with van der Waals surface area (Å²) in [6.07, 6.45) is 1.69. The number of hydrogen-bond acceptors (Lipinski definition) is 4. The maximum atomic E-state index is 12.0. The van der Waals surface area contributed by atoms with Gasteiger partial charge in [-0.15, -0.1) is 11.3 Å². The highest BCUT2D eigenvalue weighted by Gasteiger charge is 2.30. The largest absolute Gasteiger partial charge is 0.375 e. The van der Waals surface area contributed by atoms with Crippen molar-refractivity contribution < 1.29 is 9.53 Å². The number of thiazole rings is 1. The zero-order valence-electron chi connectivity index (χ0n) is 9.83.